The van der Waals surface area contributed by atoms with E-state index in [-0.39, 0.29) is 0 Å². The van der Waals surface area contributed by atoms with E-state index in [1.165, 1.54) is 103 Å². The molecule has 2 N–H and O–H groups in total. The minimum Gasteiger partial charge on any atom is -0.381 e. The molecular weight excluding hydrogens is 438 g/mol. The van der Waals surface area contributed by atoms with Crippen LogP contribution >= 0.6 is 0 Å². The highest BCUT2D eigenvalue weighted by molar-refractivity contribution is 5.09. The lowest BCUT2D eigenvalue weighted by atomic mass is 9.44. The molecule has 0 heterocycles. The second-order valence-corrected chi connectivity index (χ2v) is 13.9. The lowest BCUT2D eigenvalue weighted by Gasteiger charge is -2.61. The number of hydrogen-bond donors (Lipinski definition) is 1. The quantitative estimate of drug-likeness (QED) is 0.269. The molecule has 0 saturated heterocycles. The largest absolute Gasteiger partial charge is 0.381 e. The minimum absolute atomic E-state index is 0.613. The molecule has 0 aliphatic heterocycles. The summed E-state index contributed by atoms with van der Waals surface area (Å²) < 4.78 is 5.97. The van der Waals surface area contributed by atoms with Crippen molar-refractivity contribution in [2.24, 2.45) is 58.0 Å². The summed E-state index contributed by atoms with van der Waals surface area (Å²) in [6.45, 7) is 17.2. The van der Waals surface area contributed by atoms with E-state index in [4.69, 9.17) is 10.5 Å². The Morgan fingerprint density at radius 2 is 1.56 bits per heavy atom. The fraction of sp³-hybridized carbons (Fsp3) is 1.00. The molecule has 212 valence electrons. The molecule has 9 atom stereocenters. The number of rotatable bonds is 12. The van der Waals surface area contributed by atoms with Gasteiger partial charge in [-0.2, -0.15) is 0 Å². The maximum Gasteiger partial charge on any atom is 0.0466 e. The zero-order valence-electron chi connectivity index (χ0n) is 25.5. The fourth-order valence-corrected chi connectivity index (χ4v) is 10.3. The molecule has 2 heteroatoms. The Morgan fingerprint density at radius 1 is 0.833 bits per heavy atom. The van der Waals surface area contributed by atoms with Crippen LogP contribution in [0.15, 0.2) is 0 Å². The van der Waals surface area contributed by atoms with Crippen LogP contribution in [0.1, 0.15) is 144 Å². The molecule has 4 rings (SSSR count). The summed E-state index contributed by atoms with van der Waals surface area (Å²) in [5, 5.41) is 0. The van der Waals surface area contributed by atoms with Gasteiger partial charge < -0.3 is 10.5 Å². The van der Waals surface area contributed by atoms with Crippen molar-refractivity contribution >= 4 is 0 Å². The van der Waals surface area contributed by atoms with Gasteiger partial charge in [-0.25, -0.2) is 0 Å². The smallest absolute Gasteiger partial charge is 0.0466 e. The van der Waals surface area contributed by atoms with Crippen molar-refractivity contribution < 1.29 is 4.74 Å². The zero-order chi connectivity index (χ0) is 26.2. The van der Waals surface area contributed by atoms with Gasteiger partial charge in [-0.15, -0.1) is 0 Å². The van der Waals surface area contributed by atoms with Gasteiger partial charge in [-0.1, -0.05) is 60.8 Å². The molecule has 4 saturated carbocycles. The third-order valence-electron chi connectivity index (χ3n) is 12.2. The van der Waals surface area contributed by atoms with Crippen LogP contribution in [0.5, 0.6) is 0 Å². The van der Waals surface area contributed by atoms with Gasteiger partial charge in [0.05, 0.1) is 0 Å². The van der Waals surface area contributed by atoms with Crippen molar-refractivity contribution in [1.29, 1.82) is 0 Å². The molecule has 0 aromatic rings. The molecular formula is C34H65NO. The summed E-state index contributed by atoms with van der Waals surface area (Å²) in [6.07, 6.45) is 22.7. The molecule has 0 spiro atoms. The molecule has 0 bridgehead atoms. The van der Waals surface area contributed by atoms with Crippen LogP contribution in [-0.4, -0.2) is 19.8 Å². The Balaban J connectivity index is 0.00000176. The van der Waals surface area contributed by atoms with Gasteiger partial charge in [-0.05, 0) is 142 Å². The standard InChI is InChI=1S/C32H59NO.C2H6/c1-5-6-7-8-21-34-22-9-10-24(2)28-13-14-29-27-12-11-26-23-25(17-20-33)15-18-31(26,3)30(27)16-19-32(28,29)4;1-2/h24-30H,5-23,33H2,1-4H3;1-2H3/t24-,25?,26?,27?,28?,29?,30?,31?,32?;/m1./s1. The number of fused-ring (bicyclic) bond motifs is 5. The molecule has 0 aromatic carbocycles. The monoisotopic (exact) mass is 504 g/mol. The molecule has 4 aliphatic carbocycles. The molecule has 0 amide bonds. The average Bonchev–Trinajstić information content (AvgIpc) is 3.24. The first-order valence-electron chi connectivity index (χ1n) is 16.7. The summed E-state index contributed by atoms with van der Waals surface area (Å²) in [6, 6.07) is 0. The second-order valence-electron chi connectivity index (χ2n) is 13.9. The van der Waals surface area contributed by atoms with Gasteiger partial charge >= 0.3 is 0 Å². The van der Waals surface area contributed by atoms with Gasteiger partial charge in [0.2, 0.25) is 0 Å². The summed E-state index contributed by atoms with van der Waals surface area (Å²) in [5.74, 6) is 6.77. The fourth-order valence-electron chi connectivity index (χ4n) is 10.3. The highest BCUT2D eigenvalue weighted by Crippen LogP contribution is 2.68. The summed E-state index contributed by atoms with van der Waals surface area (Å²) in [5.41, 5.74) is 7.18. The van der Waals surface area contributed by atoms with E-state index in [0.717, 1.165) is 61.2 Å². The highest BCUT2D eigenvalue weighted by Gasteiger charge is 2.60. The van der Waals surface area contributed by atoms with Crippen molar-refractivity contribution in [2.45, 2.75) is 144 Å². The normalized spacial score (nSPS) is 40.4. The van der Waals surface area contributed by atoms with E-state index in [1.807, 2.05) is 13.8 Å². The first-order valence-corrected chi connectivity index (χ1v) is 16.7. The van der Waals surface area contributed by atoms with Crippen LogP contribution in [0.25, 0.3) is 0 Å². The van der Waals surface area contributed by atoms with Crippen LogP contribution in [0, 0.1) is 52.3 Å². The van der Waals surface area contributed by atoms with Gasteiger partial charge in [-0.3, -0.25) is 0 Å². The van der Waals surface area contributed by atoms with Gasteiger partial charge in [0, 0.05) is 13.2 Å². The predicted molar refractivity (Wildman–Crippen MR) is 157 cm³/mol. The van der Waals surface area contributed by atoms with E-state index in [1.54, 1.807) is 0 Å². The third kappa shape index (κ3) is 6.55. The Bertz CT molecular complexity index is 620. The van der Waals surface area contributed by atoms with E-state index < -0.39 is 0 Å². The van der Waals surface area contributed by atoms with E-state index in [2.05, 4.69) is 27.7 Å². The van der Waals surface area contributed by atoms with E-state index in [0.29, 0.717) is 10.8 Å². The first kappa shape index (κ1) is 30.5. The number of unbranched alkanes of at least 4 members (excludes halogenated alkanes) is 3. The molecule has 0 radical (unpaired) electrons. The van der Waals surface area contributed by atoms with Crippen molar-refractivity contribution in [1.82, 2.24) is 0 Å². The SMILES string of the molecule is CC.CCCCCCOCCC[C@@H](C)C1CCC2C3CCC4CC(CCN)CCC4(C)C3CCC21C. The van der Waals surface area contributed by atoms with Gasteiger partial charge in [0.1, 0.15) is 0 Å². The molecule has 2 nitrogen and oxygen atoms in total. The average molecular weight is 504 g/mol. The number of hydrogen-bond acceptors (Lipinski definition) is 2. The second kappa shape index (κ2) is 14.3. The summed E-state index contributed by atoms with van der Waals surface area (Å²) in [4.78, 5) is 0. The van der Waals surface area contributed by atoms with Gasteiger partial charge in [0.25, 0.3) is 0 Å². The van der Waals surface area contributed by atoms with Crippen molar-refractivity contribution in [2.75, 3.05) is 19.8 Å². The maximum absolute atomic E-state index is 5.97. The maximum atomic E-state index is 5.97. The van der Waals surface area contributed by atoms with E-state index in [9.17, 15) is 0 Å². The lowest BCUT2D eigenvalue weighted by molar-refractivity contribution is -0.121. The predicted octanol–water partition coefficient (Wildman–Crippen LogP) is 9.65. The first-order chi connectivity index (χ1) is 17.4. The van der Waals surface area contributed by atoms with Crippen molar-refractivity contribution in [3.63, 3.8) is 0 Å². The van der Waals surface area contributed by atoms with Crippen LogP contribution < -0.4 is 5.73 Å². The topological polar surface area (TPSA) is 35.2 Å². The Kier molecular flexibility index (Phi) is 12.1. The molecule has 4 fully saturated rings. The van der Waals surface area contributed by atoms with Crippen LogP contribution in [0.3, 0.4) is 0 Å². The Labute approximate surface area is 226 Å². The van der Waals surface area contributed by atoms with Crippen molar-refractivity contribution in [3.05, 3.63) is 0 Å². The highest BCUT2D eigenvalue weighted by atomic mass is 16.5. The van der Waals surface area contributed by atoms with Crippen LogP contribution in [-0.2, 0) is 4.74 Å². The van der Waals surface area contributed by atoms with Crippen LogP contribution in [0.4, 0.5) is 0 Å². The third-order valence-corrected chi connectivity index (χ3v) is 12.2. The van der Waals surface area contributed by atoms with Gasteiger partial charge in [0.15, 0.2) is 0 Å². The molecule has 36 heavy (non-hydrogen) atoms. The number of ether oxygens (including phenoxy) is 1. The summed E-state index contributed by atoms with van der Waals surface area (Å²) in [7, 11) is 0. The molecule has 4 aliphatic rings. The Morgan fingerprint density at radius 3 is 2.31 bits per heavy atom. The van der Waals surface area contributed by atoms with E-state index >= 15 is 0 Å². The van der Waals surface area contributed by atoms with Crippen molar-refractivity contribution in [3.8, 4) is 0 Å². The Hall–Kier alpha value is -0.0800. The minimum atomic E-state index is 0.613. The van der Waals surface area contributed by atoms with Crippen LogP contribution in [0.2, 0.25) is 0 Å². The molecule has 0 aromatic heterocycles. The summed E-state index contributed by atoms with van der Waals surface area (Å²) >= 11 is 0. The molecule has 8 unspecified atom stereocenters. The number of nitrogens with two attached hydrogens (primary N) is 1. The zero-order valence-corrected chi connectivity index (χ0v) is 25.5. The lowest BCUT2D eigenvalue weighted by Crippen LogP contribution is -2.53.